The number of anilines is 2. The number of benzene rings is 2. The normalized spacial score (nSPS) is 16.1. The molecule has 5 nitrogen and oxygen atoms in total. The summed E-state index contributed by atoms with van der Waals surface area (Å²) in [6, 6.07) is 18.1. The Morgan fingerprint density at radius 2 is 1.54 bits per heavy atom. The molecule has 1 aliphatic rings. The van der Waals surface area contributed by atoms with E-state index >= 15 is 0 Å². The maximum absolute atomic E-state index is 11.6. The molecule has 6 heteroatoms. The first kappa shape index (κ1) is 16.8. The predicted octanol–water partition coefficient (Wildman–Crippen LogP) is 2.38. The summed E-state index contributed by atoms with van der Waals surface area (Å²) in [5.74, 6) is 0. The highest BCUT2D eigenvalue weighted by Crippen LogP contribution is 2.27. The molecule has 128 valence electrons. The number of rotatable bonds is 5. The van der Waals surface area contributed by atoms with Gasteiger partial charge in [0.25, 0.3) is 0 Å². The van der Waals surface area contributed by atoms with Crippen LogP contribution in [0.5, 0.6) is 0 Å². The summed E-state index contributed by atoms with van der Waals surface area (Å²) < 4.78 is 25.7. The van der Waals surface area contributed by atoms with Crippen LogP contribution >= 0.6 is 0 Å². The van der Waals surface area contributed by atoms with E-state index in [1.165, 1.54) is 11.8 Å². The molecule has 2 aromatic rings. The fraction of sp³-hybridized carbons (Fsp3) is 0.333. The molecule has 0 spiro atoms. The fourth-order valence-corrected chi connectivity index (χ4v) is 3.60. The Kier molecular flexibility index (Phi) is 5.06. The van der Waals surface area contributed by atoms with Crippen LogP contribution in [0.4, 0.5) is 11.4 Å². The highest BCUT2D eigenvalue weighted by Gasteiger charge is 2.20. The maximum atomic E-state index is 11.6. The first-order chi connectivity index (χ1) is 11.5. The lowest BCUT2D eigenvalue weighted by molar-refractivity contribution is 0.250. The average molecular weight is 345 g/mol. The third kappa shape index (κ3) is 4.49. The predicted molar refractivity (Wildman–Crippen MR) is 98.8 cm³/mol. The topological polar surface area (TPSA) is 52.7 Å². The molecule has 0 bridgehead atoms. The molecule has 0 aromatic heterocycles. The summed E-state index contributed by atoms with van der Waals surface area (Å²) >= 11 is 0. The Hall–Kier alpha value is -2.05. The van der Waals surface area contributed by atoms with Crippen molar-refractivity contribution in [2.75, 3.05) is 42.1 Å². The molecule has 0 amide bonds. The minimum Gasteiger partial charge on any atom is -0.367 e. The second-order valence-electron chi connectivity index (χ2n) is 6.14. The van der Waals surface area contributed by atoms with Crippen LogP contribution in [0.1, 0.15) is 5.56 Å². The van der Waals surface area contributed by atoms with Crippen molar-refractivity contribution < 1.29 is 8.42 Å². The number of hydrogen-bond donors (Lipinski definition) is 1. The van der Waals surface area contributed by atoms with Crippen LogP contribution in [0, 0.1) is 0 Å². The Bertz CT molecular complexity index is 770. The number of sulfonamides is 1. The molecule has 0 atom stereocenters. The average Bonchev–Trinajstić information content (AvgIpc) is 2.56. The molecule has 0 radical (unpaired) electrons. The van der Waals surface area contributed by atoms with E-state index < -0.39 is 10.0 Å². The number of nitrogens with zero attached hydrogens (tertiary/aromatic N) is 2. The Morgan fingerprint density at radius 3 is 2.21 bits per heavy atom. The van der Waals surface area contributed by atoms with Gasteiger partial charge >= 0.3 is 0 Å². The van der Waals surface area contributed by atoms with E-state index in [1.807, 2.05) is 30.3 Å². The standard InChI is InChI=1S/C18H23N3O2S/c1-24(22,23)19-17-9-5-6-10-18(17)21-13-11-20(12-14-21)15-16-7-3-2-4-8-16/h2-10,19H,11-15H2,1H3. The molecule has 1 saturated heterocycles. The van der Waals surface area contributed by atoms with Gasteiger partial charge < -0.3 is 4.90 Å². The second kappa shape index (κ2) is 7.23. The highest BCUT2D eigenvalue weighted by molar-refractivity contribution is 7.92. The van der Waals surface area contributed by atoms with Crippen molar-refractivity contribution in [3.8, 4) is 0 Å². The van der Waals surface area contributed by atoms with E-state index in [0.717, 1.165) is 38.4 Å². The first-order valence-corrected chi connectivity index (χ1v) is 9.98. The van der Waals surface area contributed by atoms with Crippen molar-refractivity contribution in [3.05, 3.63) is 60.2 Å². The molecule has 1 aliphatic heterocycles. The third-order valence-corrected chi connectivity index (χ3v) is 4.75. The van der Waals surface area contributed by atoms with Crippen molar-refractivity contribution in [3.63, 3.8) is 0 Å². The zero-order valence-electron chi connectivity index (χ0n) is 13.9. The molecule has 0 unspecified atom stereocenters. The highest BCUT2D eigenvalue weighted by atomic mass is 32.2. The number of para-hydroxylation sites is 2. The van der Waals surface area contributed by atoms with Crippen LogP contribution in [-0.2, 0) is 16.6 Å². The monoisotopic (exact) mass is 345 g/mol. The lowest BCUT2D eigenvalue weighted by Gasteiger charge is -2.37. The zero-order valence-corrected chi connectivity index (χ0v) is 14.7. The maximum Gasteiger partial charge on any atom is 0.229 e. The number of piperazine rings is 1. The van der Waals surface area contributed by atoms with Crippen molar-refractivity contribution in [2.24, 2.45) is 0 Å². The smallest absolute Gasteiger partial charge is 0.229 e. The number of hydrogen-bond acceptors (Lipinski definition) is 4. The van der Waals surface area contributed by atoms with E-state index in [0.29, 0.717) is 5.69 Å². The van der Waals surface area contributed by atoms with Crippen molar-refractivity contribution in [2.45, 2.75) is 6.54 Å². The minimum atomic E-state index is -3.28. The van der Waals surface area contributed by atoms with Gasteiger partial charge in [0.2, 0.25) is 10.0 Å². The molecule has 1 fully saturated rings. The molecule has 24 heavy (non-hydrogen) atoms. The quantitative estimate of drug-likeness (QED) is 0.904. The molecule has 2 aromatic carbocycles. The molecule has 0 aliphatic carbocycles. The fourth-order valence-electron chi connectivity index (χ4n) is 3.02. The van der Waals surface area contributed by atoms with Gasteiger partial charge in [-0.25, -0.2) is 8.42 Å². The van der Waals surface area contributed by atoms with Gasteiger partial charge in [-0.3, -0.25) is 9.62 Å². The van der Waals surface area contributed by atoms with Crippen molar-refractivity contribution in [1.82, 2.24) is 4.90 Å². The summed E-state index contributed by atoms with van der Waals surface area (Å²) in [4.78, 5) is 4.67. The van der Waals surface area contributed by atoms with Gasteiger partial charge in [-0.1, -0.05) is 42.5 Å². The van der Waals surface area contributed by atoms with Crippen LogP contribution in [0.2, 0.25) is 0 Å². The van der Waals surface area contributed by atoms with Gasteiger partial charge in [-0.05, 0) is 17.7 Å². The van der Waals surface area contributed by atoms with Gasteiger partial charge in [-0.2, -0.15) is 0 Å². The molecule has 1 heterocycles. The first-order valence-electron chi connectivity index (χ1n) is 8.09. The van der Waals surface area contributed by atoms with Crippen molar-refractivity contribution >= 4 is 21.4 Å². The summed E-state index contributed by atoms with van der Waals surface area (Å²) in [5.41, 5.74) is 2.92. The van der Waals surface area contributed by atoms with E-state index in [1.54, 1.807) is 0 Å². The minimum absolute atomic E-state index is 0.650. The van der Waals surface area contributed by atoms with E-state index in [-0.39, 0.29) is 0 Å². The van der Waals surface area contributed by atoms with Crippen LogP contribution in [0.15, 0.2) is 54.6 Å². The zero-order chi connectivity index (χ0) is 17.0. The Morgan fingerprint density at radius 1 is 0.917 bits per heavy atom. The second-order valence-corrected chi connectivity index (χ2v) is 7.89. The van der Waals surface area contributed by atoms with Crippen molar-refractivity contribution in [1.29, 1.82) is 0 Å². The SMILES string of the molecule is CS(=O)(=O)Nc1ccccc1N1CCN(Cc2ccccc2)CC1. The van der Waals surface area contributed by atoms with Crippen LogP contribution in [0.25, 0.3) is 0 Å². The molecule has 3 rings (SSSR count). The lowest BCUT2D eigenvalue weighted by atomic mass is 10.2. The summed E-state index contributed by atoms with van der Waals surface area (Å²) in [6.07, 6.45) is 1.18. The molecule has 1 N–H and O–H groups in total. The summed E-state index contributed by atoms with van der Waals surface area (Å²) in [6.45, 7) is 4.65. The van der Waals surface area contributed by atoms with E-state index in [4.69, 9.17) is 0 Å². The summed E-state index contributed by atoms with van der Waals surface area (Å²) in [7, 11) is -3.28. The molecule has 0 saturated carbocycles. The summed E-state index contributed by atoms with van der Waals surface area (Å²) in [5, 5.41) is 0. The van der Waals surface area contributed by atoms with Crippen LogP contribution < -0.4 is 9.62 Å². The third-order valence-electron chi connectivity index (χ3n) is 4.16. The van der Waals surface area contributed by atoms with E-state index in [9.17, 15) is 8.42 Å². The van der Waals surface area contributed by atoms with Gasteiger partial charge in [0.05, 0.1) is 17.6 Å². The number of nitrogens with one attached hydrogen (secondary N) is 1. The molecular weight excluding hydrogens is 322 g/mol. The van der Waals surface area contributed by atoms with Gasteiger partial charge in [0.1, 0.15) is 0 Å². The molecular formula is C18H23N3O2S. The Balaban J connectivity index is 1.65. The van der Waals surface area contributed by atoms with Crippen LogP contribution in [0.3, 0.4) is 0 Å². The van der Waals surface area contributed by atoms with Gasteiger partial charge in [0.15, 0.2) is 0 Å². The van der Waals surface area contributed by atoms with Gasteiger partial charge in [-0.15, -0.1) is 0 Å². The lowest BCUT2D eigenvalue weighted by Crippen LogP contribution is -2.46. The largest absolute Gasteiger partial charge is 0.367 e. The van der Waals surface area contributed by atoms with Crippen LogP contribution in [-0.4, -0.2) is 45.8 Å². The van der Waals surface area contributed by atoms with Gasteiger partial charge in [0, 0.05) is 32.7 Å². The van der Waals surface area contributed by atoms with E-state index in [2.05, 4.69) is 38.8 Å². The Labute approximate surface area is 144 Å².